The standard InChI is InChI=1S/C29H24N4O9/c34-26(18-7-13-22(14-8-18)42-23-15-11-21(12-16-23)33(40)41)17-30(27(35)19-5-9-20(10-6-19)32(38)39)31-28(36)24-3-1-2-4-25(24)29(31)37/h5-16,24-25H,1-4,17H2/t24-,25-/m0/s1. The predicted octanol–water partition coefficient (Wildman–Crippen LogP) is 4.71. The van der Waals surface area contributed by atoms with E-state index in [2.05, 4.69) is 0 Å². The highest BCUT2D eigenvalue weighted by Gasteiger charge is 2.51. The first-order valence-electron chi connectivity index (χ1n) is 13.1. The number of amides is 3. The van der Waals surface area contributed by atoms with E-state index in [0.717, 1.165) is 35.0 Å². The van der Waals surface area contributed by atoms with Crippen molar-refractivity contribution in [3.8, 4) is 11.5 Å². The topological polar surface area (TPSA) is 170 Å². The van der Waals surface area contributed by atoms with Gasteiger partial charge in [-0.3, -0.25) is 39.4 Å². The van der Waals surface area contributed by atoms with Crippen LogP contribution in [0.2, 0.25) is 0 Å². The van der Waals surface area contributed by atoms with Crippen LogP contribution >= 0.6 is 0 Å². The van der Waals surface area contributed by atoms with Crippen molar-refractivity contribution in [3.63, 3.8) is 0 Å². The normalized spacial score (nSPS) is 17.9. The molecule has 0 radical (unpaired) electrons. The molecule has 2 aliphatic rings. The van der Waals surface area contributed by atoms with Crippen LogP contribution in [0.1, 0.15) is 46.4 Å². The number of hydrogen-bond acceptors (Lipinski definition) is 9. The molecule has 1 aliphatic heterocycles. The molecule has 0 N–H and O–H groups in total. The maximum absolute atomic E-state index is 13.6. The van der Waals surface area contributed by atoms with Gasteiger partial charge in [0.05, 0.1) is 21.7 Å². The van der Waals surface area contributed by atoms with Crippen molar-refractivity contribution in [3.05, 3.63) is 104 Å². The van der Waals surface area contributed by atoms with Crippen LogP contribution in [0.3, 0.4) is 0 Å². The molecule has 1 aliphatic carbocycles. The highest BCUT2D eigenvalue weighted by atomic mass is 16.6. The second kappa shape index (κ2) is 11.6. The van der Waals surface area contributed by atoms with E-state index in [4.69, 9.17) is 4.74 Å². The second-order valence-electron chi connectivity index (χ2n) is 9.95. The van der Waals surface area contributed by atoms with Crippen LogP contribution in [0.15, 0.2) is 72.8 Å². The first-order chi connectivity index (χ1) is 20.1. The number of ketones is 1. The molecule has 0 unspecified atom stereocenters. The van der Waals surface area contributed by atoms with Gasteiger partial charge in [0.15, 0.2) is 5.78 Å². The van der Waals surface area contributed by atoms with Crippen LogP contribution in [-0.4, -0.2) is 49.9 Å². The summed E-state index contributed by atoms with van der Waals surface area (Å²) in [5.41, 5.74) is -0.199. The summed E-state index contributed by atoms with van der Waals surface area (Å²) in [5.74, 6) is -2.92. The molecule has 2 fully saturated rings. The highest BCUT2D eigenvalue weighted by Crippen LogP contribution is 2.39. The number of imide groups is 1. The lowest BCUT2D eigenvalue weighted by Crippen LogP contribution is -2.52. The van der Waals surface area contributed by atoms with E-state index in [1.165, 1.54) is 60.7 Å². The summed E-state index contributed by atoms with van der Waals surface area (Å²) in [7, 11) is 0. The molecule has 3 aromatic rings. The Bertz CT molecular complexity index is 1550. The van der Waals surface area contributed by atoms with Gasteiger partial charge < -0.3 is 4.74 Å². The van der Waals surface area contributed by atoms with Crippen molar-refractivity contribution >= 4 is 34.9 Å². The Morgan fingerprint density at radius 3 is 1.64 bits per heavy atom. The Morgan fingerprint density at radius 1 is 0.738 bits per heavy atom. The van der Waals surface area contributed by atoms with Crippen LogP contribution in [-0.2, 0) is 9.59 Å². The van der Waals surface area contributed by atoms with E-state index >= 15 is 0 Å². The van der Waals surface area contributed by atoms with Crippen molar-refractivity contribution in [2.75, 3.05) is 6.54 Å². The first kappa shape index (κ1) is 28.1. The third kappa shape index (κ3) is 5.57. The zero-order valence-corrected chi connectivity index (χ0v) is 22.1. The monoisotopic (exact) mass is 572 g/mol. The van der Waals surface area contributed by atoms with Gasteiger partial charge in [-0.2, -0.15) is 5.01 Å². The maximum Gasteiger partial charge on any atom is 0.273 e. The molecule has 0 aromatic heterocycles. The van der Waals surface area contributed by atoms with Crippen molar-refractivity contribution in [1.29, 1.82) is 0 Å². The quantitative estimate of drug-likeness (QED) is 0.152. The number of carbonyl (C=O) groups excluding carboxylic acids is 4. The Morgan fingerprint density at radius 2 is 1.17 bits per heavy atom. The molecule has 214 valence electrons. The second-order valence-corrected chi connectivity index (χ2v) is 9.95. The number of carbonyl (C=O) groups is 4. The van der Waals surface area contributed by atoms with Gasteiger partial charge >= 0.3 is 0 Å². The lowest BCUT2D eigenvalue weighted by atomic mass is 9.81. The fourth-order valence-corrected chi connectivity index (χ4v) is 5.20. The summed E-state index contributed by atoms with van der Waals surface area (Å²) in [6, 6.07) is 16.0. The highest BCUT2D eigenvalue weighted by molar-refractivity contribution is 6.09. The number of benzene rings is 3. The Labute approximate surface area is 238 Å². The number of hydrazine groups is 1. The van der Waals surface area contributed by atoms with Crippen LogP contribution in [0.5, 0.6) is 11.5 Å². The first-order valence-corrected chi connectivity index (χ1v) is 13.1. The molecule has 3 amide bonds. The number of ether oxygens (including phenoxy) is 1. The molecule has 1 saturated heterocycles. The lowest BCUT2D eigenvalue weighted by molar-refractivity contribution is -0.385. The number of nitro benzene ring substituents is 2. The molecular formula is C29H24N4O9. The molecule has 13 nitrogen and oxygen atoms in total. The van der Waals surface area contributed by atoms with E-state index in [9.17, 15) is 39.4 Å². The lowest BCUT2D eigenvalue weighted by Gasteiger charge is -2.30. The van der Waals surface area contributed by atoms with E-state index in [0.29, 0.717) is 24.3 Å². The molecule has 13 heteroatoms. The van der Waals surface area contributed by atoms with E-state index < -0.39 is 51.7 Å². The number of fused-ring (bicyclic) bond motifs is 1. The van der Waals surface area contributed by atoms with Crippen molar-refractivity contribution in [2.24, 2.45) is 11.8 Å². The van der Waals surface area contributed by atoms with Crippen molar-refractivity contribution in [1.82, 2.24) is 10.0 Å². The summed E-state index contributed by atoms with van der Waals surface area (Å²) in [4.78, 5) is 74.3. The van der Waals surface area contributed by atoms with Crippen LogP contribution < -0.4 is 4.74 Å². The van der Waals surface area contributed by atoms with Gasteiger partial charge in [-0.15, -0.1) is 0 Å². The maximum atomic E-state index is 13.6. The summed E-state index contributed by atoms with van der Waals surface area (Å²) < 4.78 is 5.67. The summed E-state index contributed by atoms with van der Waals surface area (Å²) in [6.45, 7) is -0.630. The van der Waals surface area contributed by atoms with Gasteiger partial charge in [0.1, 0.15) is 18.0 Å². The average molecular weight is 573 g/mol. The molecule has 0 spiro atoms. The molecule has 1 saturated carbocycles. The van der Waals surface area contributed by atoms with Gasteiger partial charge in [0, 0.05) is 35.4 Å². The Hall–Kier alpha value is -5.46. The number of Topliss-reactive ketones (excluding diaryl/α,β-unsaturated/α-hetero) is 1. The molecule has 1 heterocycles. The SMILES string of the molecule is O=C(CN(C(=O)c1ccc([N+](=O)[O-])cc1)N1C(=O)[C@H]2CCCC[C@@H]2C1=O)c1ccc(Oc2ccc([N+](=O)[O-])cc2)cc1. The van der Waals surface area contributed by atoms with Crippen LogP contribution in [0.4, 0.5) is 11.4 Å². The molecule has 42 heavy (non-hydrogen) atoms. The predicted molar refractivity (Wildman–Crippen MR) is 145 cm³/mol. The Kier molecular flexibility index (Phi) is 7.74. The largest absolute Gasteiger partial charge is 0.457 e. The number of non-ortho nitro benzene ring substituents is 2. The van der Waals surface area contributed by atoms with E-state index in [-0.39, 0.29) is 22.5 Å². The fraction of sp³-hybridized carbons (Fsp3) is 0.241. The number of nitrogens with zero attached hydrogens (tertiary/aromatic N) is 4. The van der Waals surface area contributed by atoms with Gasteiger partial charge in [0.2, 0.25) is 0 Å². The van der Waals surface area contributed by atoms with Crippen molar-refractivity contribution < 1.29 is 33.8 Å². The van der Waals surface area contributed by atoms with Crippen molar-refractivity contribution in [2.45, 2.75) is 25.7 Å². The van der Waals surface area contributed by atoms with Crippen LogP contribution in [0, 0.1) is 32.1 Å². The average Bonchev–Trinajstić information content (AvgIpc) is 3.25. The number of hydrogen-bond donors (Lipinski definition) is 0. The molecule has 0 bridgehead atoms. The Balaban J connectivity index is 1.38. The van der Waals surface area contributed by atoms with E-state index in [1.54, 1.807) is 0 Å². The smallest absolute Gasteiger partial charge is 0.273 e. The zero-order chi connectivity index (χ0) is 30.0. The molecular weight excluding hydrogens is 548 g/mol. The van der Waals surface area contributed by atoms with Gasteiger partial charge in [-0.1, -0.05) is 12.8 Å². The molecule has 3 aromatic carbocycles. The summed E-state index contributed by atoms with van der Waals surface area (Å²) >= 11 is 0. The fourth-order valence-electron chi connectivity index (χ4n) is 5.20. The van der Waals surface area contributed by atoms with Gasteiger partial charge in [0.25, 0.3) is 29.1 Å². The number of nitro groups is 2. The minimum atomic E-state index is -0.822. The van der Waals surface area contributed by atoms with Crippen LogP contribution in [0.25, 0.3) is 0 Å². The minimum absolute atomic E-state index is 0.0317. The van der Waals surface area contributed by atoms with E-state index in [1.807, 2.05) is 0 Å². The summed E-state index contributed by atoms with van der Waals surface area (Å²) in [6.07, 6.45) is 2.57. The number of rotatable bonds is 9. The molecule has 5 rings (SSSR count). The third-order valence-electron chi connectivity index (χ3n) is 7.37. The van der Waals surface area contributed by atoms with Gasteiger partial charge in [-0.25, -0.2) is 5.01 Å². The zero-order valence-electron chi connectivity index (χ0n) is 22.1. The third-order valence-corrected chi connectivity index (χ3v) is 7.37. The molecule has 2 atom stereocenters. The van der Waals surface area contributed by atoms with Gasteiger partial charge in [-0.05, 0) is 61.4 Å². The summed E-state index contributed by atoms with van der Waals surface area (Å²) in [5, 5.41) is 23.5. The minimum Gasteiger partial charge on any atom is -0.457 e.